The molecule has 1 aliphatic heterocycles. The van der Waals surface area contributed by atoms with Crippen molar-refractivity contribution >= 4 is 22.9 Å². The van der Waals surface area contributed by atoms with E-state index in [2.05, 4.69) is 4.98 Å². The van der Waals surface area contributed by atoms with Crippen molar-refractivity contribution in [1.29, 1.82) is 5.26 Å². The second-order valence-corrected chi connectivity index (χ2v) is 8.01. The average Bonchev–Trinajstić information content (AvgIpc) is 3.15. The predicted octanol–water partition coefficient (Wildman–Crippen LogP) is 5.36. The van der Waals surface area contributed by atoms with Gasteiger partial charge in [-0.05, 0) is 32.1 Å². The first-order valence-electron chi connectivity index (χ1n) is 8.80. The highest BCUT2D eigenvalue weighted by atomic mass is 32.1. The number of ether oxygens (including phenoxy) is 2. The van der Waals surface area contributed by atoms with E-state index in [0.29, 0.717) is 28.4 Å². The molecule has 0 atom stereocenters. The fourth-order valence-corrected chi connectivity index (χ4v) is 3.70. The largest absolute Gasteiger partial charge is 0.500 e. The maximum absolute atomic E-state index is 12.7. The maximum atomic E-state index is 12.7. The summed E-state index contributed by atoms with van der Waals surface area (Å²) >= 11 is 1.15. The number of esters is 1. The SMILES string of the molecule is COC1=C(/C=C(\C#N)c2nc(-c3ccc(C(F)(F)F)cc3)cs2)C(=O)OC(C)(C)C1. The second-order valence-electron chi connectivity index (χ2n) is 7.15. The van der Waals surface area contributed by atoms with Crippen LogP contribution in [0.15, 0.2) is 47.1 Å². The molecule has 0 bridgehead atoms. The maximum Gasteiger partial charge on any atom is 0.416 e. The third-order valence-electron chi connectivity index (χ3n) is 4.37. The lowest BCUT2D eigenvalue weighted by Crippen LogP contribution is -2.34. The molecule has 0 radical (unpaired) electrons. The number of hydrogen-bond acceptors (Lipinski definition) is 6. The minimum Gasteiger partial charge on any atom is -0.500 e. The summed E-state index contributed by atoms with van der Waals surface area (Å²) in [6.45, 7) is 3.51. The Morgan fingerprint density at radius 2 is 2.00 bits per heavy atom. The number of carbonyl (C=O) groups excluding carboxylic acids is 1. The highest BCUT2D eigenvalue weighted by Gasteiger charge is 2.35. The highest BCUT2D eigenvalue weighted by molar-refractivity contribution is 7.11. The first kappa shape index (κ1) is 21.6. The molecule has 0 fully saturated rings. The van der Waals surface area contributed by atoms with Gasteiger partial charge in [0.25, 0.3) is 0 Å². The van der Waals surface area contributed by atoms with Crippen LogP contribution in [0.1, 0.15) is 30.8 Å². The highest BCUT2D eigenvalue weighted by Crippen LogP contribution is 2.34. The molecule has 9 heteroatoms. The van der Waals surface area contributed by atoms with Crippen molar-refractivity contribution < 1.29 is 27.4 Å². The lowest BCUT2D eigenvalue weighted by molar-refractivity contribution is -0.154. The number of carbonyl (C=O) groups is 1. The van der Waals surface area contributed by atoms with Crippen molar-refractivity contribution in [3.63, 3.8) is 0 Å². The number of halogens is 3. The van der Waals surface area contributed by atoms with E-state index in [-0.39, 0.29) is 11.1 Å². The van der Waals surface area contributed by atoms with E-state index in [9.17, 15) is 23.2 Å². The molecule has 0 saturated carbocycles. The molecule has 1 aliphatic rings. The first-order valence-corrected chi connectivity index (χ1v) is 9.68. The molecule has 1 aromatic carbocycles. The molecule has 0 saturated heterocycles. The zero-order valence-corrected chi connectivity index (χ0v) is 17.1. The molecular formula is C21H17F3N2O3S. The quantitative estimate of drug-likeness (QED) is 0.478. The van der Waals surface area contributed by atoms with E-state index in [1.54, 1.807) is 19.2 Å². The van der Waals surface area contributed by atoms with Crippen LogP contribution in [0.25, 0.3) is 16.8 Å². The predicted molar refractivity (Wildman–Crippen MR) is 105 cm³/mol. The lowest BCUT2D eigenvalue weighted by Gasteiger charge is -2.31. The van der Waals surface area contributed by atoms with Gasteiger partial charge in [-0.2, -0.15) is 18.4 Å². The Kier molecular flexibility index (Phi) is 5.72. The first-order chi connectivity index (χ1) is 14.0. The number of cyclic esters (lactones) is 1. The Hall–Kier alpha value is -3.12. The molecular weight excluding hydrogens is 417 g/mol. The van der Waals surface area contributed by atoms with Gasteiger partial charge in [0.2, 0.25) is 0 Å². The number of nitriles is 1. The van der Waals surface area contributed by atoms with Crippen molar-refractivity contribution in [2.24, 2.45) is 0 Å². The third-order valence-corrected chi connectivity index (χ3v) is 5.25. The zero-order valence-electron chi connectivity index (χ0n) is 16.3. The number of nitrogens with zero attached hydrogens (tertiary/aromatic N) is 2. The van der Waals surface area contributed by atoms with Crippen LogP contribution in [0.4, 0.5) is 13.2 Å². The number of alkyl halides is 3. The summed E-state index contributed by atoms with van der Waals surface area (Å²) in [6.07, 6.45) is -2.70. The number of methoxy groups -OCH3 is 1. The van der Waals surface area contributed by atoms with Gasteiger partial charge in [-0.3, -0.25) is 0 Å². The molecule has 3 rings (SSSR count). The molecule has 2 heterocycles. The Morgan fingerprint density at radius 1 is 1.33 bits per heavy atom. The number of benzene rings is 1. The Labute approximate surface area is 175 Å². The molecule has 30 heavy (non-hydrogen) atoms. The molecule has 5 nitrogen and oxygen atoms in total. The number of aromatic nitrogens is 1. The Morgan fingerprint density at radius 3 is 2.57 bits per heavy atom. The number of rotatable bonds is 4. The van der Waals surface area contributed by atoms with E-state index >= 15 is 0 Å². The fourth-order valence-electron chi connectivity index (χ4n) is 2.91. The minimum atomic E-state index is -4.42. The van der Waals surface area contributed by atoms with Gasteiger partial charge in [0, 0.05) is 17.4 Å². The molecule has 1 aromatic heterocycles. The van der Waals surface area contributed by atoms with E-state index < -0.39 is 23.3 Å². The van der Waals surface area contributed by atoms with E-state index in [0.717, 1.165) is 23.5 Å². The van der Waals surface area contributed by atoms with E-state index in [1.807, 2.05) is 6.07 Å². The van der Waals surface area contributed by atoms with Gasteiger partial charge in [-0.25, -0.2) is 9.78 Å². The monoisotopic (exact) mass is 434 g/mol. The van der Waals surface area contributed by atoms with Gasteiger partial charge in [-0.1, -0.05) is 12.1 Å². The molecule has 0 N–H and O–H groups in total. The average molecular weight is 434 g/mol. The van der Waals surface area contributed by atoms with Gasteiger partial charge >= 0.3 is 12.1 Å². The standard InChI is InChI=1S/C21H17F3N2O3S/c1-20(2)9-17(28-3)15(19(27)29-20)8-13(10-25)18-26-16(11-30-18)12-4-6-14(7-5-12)21(22,23)24/h4-8,11H,9H2,1-3H3/b13-8+. The van der Waals surface area contributed by atoms with Crippen LogP contribution in [0.2, 0.25) is 0 Å². The molecule has 0 amide bonds. The lowest BCUT2D eigenvalue weighted by atomic mass is 9.96. The van der Waals surface area contributed by atoms with Crippen molar-refractivity contribution in [2.45, 2.75) is 32.0 Å². The number of hydrogen-bond donors (Lipinski definition) is 0. The summed E-state index contributed by atoms with van der Waals surface area (Å²) in [5.41, 5.74) is -0.295. The minimum absolute atomic E-state index is 0.124. The Bertz CT molecular complexity index is 1070. The topological polar surface area (TPSA) is 72.2 Å². The van der Waals surface area contributed by atoms with Crippen LogP contribution in [0.3, 0.4) is 0 Å². The van der Waals surface area contributed by atoms with Gasteiger partial charge in [0.05, 0.1) is 29.5 Å². The van der Waals surface area contributed by atoms with Gasteiger partial charge in [0.1, 0.15) is 22.4 Å². The van der Waals surface area contributed by atoms with Crippen LogP contribution in [0, 0.1) is 11.3 Å². The van der Waals surface area contributed by atoms with Crippen molar-refractivity contribution in [3.8, 4) is 17.3 Å². The summed E-state index contributed by atoms with van der Waals surface area (Å²) in [4.78, 5) is 16.7. The summed E-state index contributed by atoms with van der Waals surface area (Å²) in [7, 11) is 1.44. The second kappa shape index (κ2) is 7.95. The smallest absolute Gasteiger partial charge is 0.416 e. The molecule has 2 aromatic rings. The van der Waals surface area contributed by atoms with Crippen molar-refractivity contribution in [1.82, 2.24) is 4.98 Å². The van der Waals surface area contributed by atoms with E-state index in [1.165, 1.54) is 25.3 Å². The summed E-state index contributed by atoms with van der Waals surface area (Å²) in [5, 5.41) is 11.5. The van der Waals surface area contributed by atoms with E-state index in [4.69, 9.17) is 9.47 Å². The zero-order chi connectivity index (χ0) is 22.1. The van der Waals surface area contributed by atoms with Gasteiger partial charge in [0.15, 0.2) is 0 Å². The van der Waals surface area contributed by atoms with Crippen LogP contribution in [-0.2, 0) is 20.4 Å². The normalized spacial score (nSPS) is 16.8. The van der Waals surface area contributed by atoms with Crippen LogP contribution in [-0.4, -0.2) is 23.7 Å². The molecule has 156 valence electrons. The van der Waals surface area contributed by atoms with Gasteiger partial charge in [-0.15, -0.1) is 11.3 Å². The van der Waals surface area contributed by atoms with Crippen LogP contribution >= 0.6 is 11.3 Å². The summed E-state index contributed by atoms with van der Waals surface area (Å²) in [6, 6.07) is 6.61. The third kappa shape index (κ3) is 4.54. The molecule has 0 spiro atoms. The fraction of sp³-hybridized carbons (Fsp3) is 0.286. The summed E-state index contributed by atoms with van der Waals surface area (Å²) in [5.74, 6) is -0.195. The molecule has 0 unspecified atom stereocenters. The molecule has 0 aliphatic carbocycles. The van der Waals surface area contributed by atoms with Crippen LogP contribution in [0.5, 0.6) is 0 Å². The van der Waals surface area contributed by atoms with Crippen molar-refractivity contribution in [2.75, 3.05) is 7.11 Å². The summed E-state index contributed by atoms with van der Waals surface area (Å²) < 4.78 is 48.9. The van der Waals surface area contributed by atoms with Crippen molar-refractivity contribution in [3.05, 3.63) is 57.6 Å². The number of thiazole rings is 1. The van der Waals surface area contributed by atoms with Crippen LogP contribution < -0.4 is 0 Å². The van der Waals surface area contributed by atoms with Gasteiger partial charge < -0.3 is 9.47 Å². The number of allylic oxidation sites excluding steroid dienone is 1. The Balaban J connectivity index is 1.94.